The normalized spacial score (nSPS) is 12.3. The number of benzene rings is 2. The van der Waals surface area contributed by atoms with Gasteiger partial charge in [0, 0.05) is 18.6 Å². The highest BCUT2D eigenvalue weighted by molar-refractivity contribution is 7.89. The van der Waals surface area contributed by atoms with Crippen molar-refractivity contribution in [2.24, 2.45) is 0 Å². The van der Waals surface area contributed by atoms with Crippen molar-refractivity contribution < 1.29 is 22.7 Å². The van der Waals surface area contributed by atoms with Crippen molar-refractivity contribution in [2.75, 3.05) is 13.7 Å². The second-order valence-corrected chi connectivity index (χ2v) is 9.37. The topological polar surface area (TPSA) is 92.8 Å². The number of hydrogen-bond acceptors (Lipinski definition) is 5. The molecule has 0 spiro atoms. The van der Waals surface area contributed by atoms with E-state index in [4.69, 9.17) is 39.5 Å². The lowest BCUT2D eigenvalue weighted by Crippen LogP contribution is -2.41. The van der Waals surface area contributed by atoms with Gasteiger partial charge in [-0.3, -0.25) is 9.59 Å². The molecule has 0 heterocycles. The number of rotatable bonds is 8. The standard InChI is InChI=1S/C19H19Cl3N2O5S/c1-12(23-30(27,28)15-6-4-14(20)5-7-15)19(26)29-11-18(25)24(2)10-13-3-8-16(21)17(22)9-13/h3-9,12,23H,10-11H2,1-2H3/t12-/m0/s1. The van der Waals surface area contributed by atoms with Crippen molar-refractivity contribution in [3.8, 4) is 0 Å². The van der Waals surface area contributed by atoms with Crippen molar-refractivity contribution in [3.63, 3.8) is 0 Å². The van der Waals surface area contributed by atoms with Gasteiger partial charge >= 0.3 is 5.97 Å². The molecule has 0 fully saturated rings. The molecular formula is C19H19Cl3N2O5S. The number of nitrogens with one attached hydrogen (secondary N) is 1. The summed E-state index contributed by atoms with van der Waals surface area (Å²) in [5, 5.41) is 1.14. The van der Waals surface area contributed by atoms with Crippen molar-refractivity contribution in [3.05, 3.63) is 63.1 Å². The highest BCUT2D eigenvalue weighted by Gasteiger charge is 2.24. The van der Waals surface area contributed by atoms with Crippen molar-refractivity contribution >= 4 is 56.7 Å². The minimum atomic E-state index is -3.95. The van der Waals surface area contributed by atoms with Gasteiger partial charge in [-0.1, -0.05) is 40.9 Å². The van der Waals surface area contributed by atoms with Gasteiger partial charge in [-0.25, -0.2) is 8.42 Å². The second kappa shape index (κ2) is 10.5. The Balaban J connectivity index is 1.88. The van der Waals surface area contributed by atoms with Crippen LogP contribution in [0.1, 0.15) is 12.5 Å². The fourth-order valence-electron chi connectivity index (χ4n) is 2.33. The summed E-state index contributed by atoms with van der Waals surface area (Å²) in [5.41, 5.74) is 0.746. The minimum Gasteiger partial charge on any atom is -0.454 e. The van der Waals surface area contributed by atoms with Gasteiger partial charge < -0.3 is 9.64 Å². The number of carbonyl (C=O) groups excluding carboxylic acids is 2. The first-order valence-corrected chi connectivity index (χ1v) is 11.2. The molecule has 0 aliphatic carbocycles. The summed E-state index contributed by atoms with van der Waals surface area (Å²) in [4.78, 5) is 25.6. The van der Waals surface area contributed by atoms with Crippen LogP contribution in [-0.2, 0) is 30.9 Å². The Labute approximate surface area is 189 Å². The fraction of sp³-hybridized carbons (Fsp3) is 0.263. The largest absolute Gasteiger partial charge is 0.454 e. The maximum Gasteiger partial charge on any atom is 0.324 e. The van der Waals surface area contributed by atoms with E-state index in [1.165, 1.54) is 43.1 Å². The Morgan fingerprint density at radius 1 is 1.07 bits per heavy atom. The molecule has 0 aliphatic rings. The Hall–Kier alpha value is -1.84. The third kappa shape index (κ3) is 6.85. The first-order valence-electron chi connectivity index (χ1n) is 8.62. The molecule has 0 saturated heterocycles. The van der Waals surface area contributed by atoms with Crippen LogP contribution in [0.15, 0.2) is 47.4 Å². The number of likely N-dealkylation sites (N-methyl/N-ethyl adjacent to an activating group) is 1. The molecule has 162 valence electrons. The number of hydrogen-bond donors (Lipinski definition) is 1. The van der Waals surface area contributed by atoms with Crippen LogP contribution in [0.2, 0.25) is 15.1 Å². The van der Waals surface area contributed by atoms with E-state index in [0.29, 0.717) is 15.1 Å². The lowest BCUT2D eigenvalue weighted by Gasteiger charge is -2.19. The summed E-state index contributed by atoms with van der Waals surface area (Å²) in [7, 11) is -2.42. The van der Waals surface area contributed by atoms with Gasteiger partial charge in [0.05, 0.1) is 14.9 Å². The minimum absolute atomic E-state index is 0.0519. The van der Waals surface area contributed by atoms with E-state index >= 15 is 0 Å². The molecule has 2 rings (SSSR count). The van der Waals surface area contributed by atoms with Crippen LogP contribution in [0, 0.1) is 0 Å². The van der Waals surface area contributed by atoms with Crippen LogP contribution < -0.4 is 4.72 Å². The maximum atomic E-state index is 12.3. The summed E-state index contributed by atoms with van der Waals surface area (Å²) in [6, 6.07) is 9.23. The predicted octanol–water partition coefficient (Wildman–Crippen LogP) is 3.52. The maximum absolute atomic E-state index is 12.3. The van der Waals surface area contributed by atoms with E-state index in [1.54, 1.807) is 18.2 Å². The third-order valence-corrected chi connectivity index (χ3v) is 6.52. The zero-order chi connectivity index (χ0) is 22.5. The quantitative estimate of drug-likeness (QED) is 0.568. The fourth-order valence-corrected chi connectivity index (χ4v) is 3.97. The van der Waals surface area contributed by atoms with Crippen molar-refractivity contribution in [1.82, 2.24) is 9.62 Å². The molecule has 0 bridgehead atoms. The zero-order valence-corrected chi connectivity index (χ0v) is 19.1. The average molecular weight is 494 g/mol. The molecule has 0 radical (unpaired) electrons. The zero-order valence-electron chi connectivity index (χ0n) is 16.1. The molecule has 1 N–H and O–H groups in total. The third-order valence-electron chi connectivity index (χ3n) is 3.98. The van der Waals surface area contributed by atoms with E-state index in [1.807, 2.05) is 0 Å². The first kappa shape index (κ1) is 24.4. The van der Waals surface area contributed by atoms with Crippen molar-refractivity contribution in [2.45, 2.75) is 24.4 Å². The van der Waals surface area contributed by atoms with E-state index in [0.717, 1.165) is 5.56 Å². The average Bonchev–Trinajstić information content (AvgIpc) is 2.68. The molecule has 1 amide bonds. The Bertz CT molecular complexity index is 1030. The predicted molar refractivity (Wildman–Crippen MR) is 115 cm³/mol. The van der Waals surface area contributed by atoms with Gasteiger partial charge in [-0.05, 0) is 48.9 Å². The first-order chi connectivity index (χ1) is 14.0. The van der Waals surface area contributed by atoms with Crippen LogP contribution in [0.3, 0.4) is 0 Å². The Morgan fingerprint density at radius 3 is 2.30 bits per heavy atom. The van der Waals surface area contributed by atoms with Gasteiger partial charge in [0.2, 0.25) is 10.0 Å². The summed E-state index contributed by atoms with van der Waals surface area (Å²) in [6.07, 6.45) is 0. The molecule has 7 nitrogen and oxygen atoms in total. The number of sulfonamides is 1. The molecular weight excluding hydrogens is 475 g/mol. The highest BCUT2D eigenvalue weighted by atomic mass is 35.5. The smallest absolute Gasteiger partial charge is 0.324 e. The van der Waals surface area contributed by atoms with E-state index < -0.39 is 34.5 Å². The Morgan fingerprint density at radius 2 is 1.70 bits per heavy atom. The van der Waals surface area contributed by atoms with E-state index in [-0.39, 0.29) is 11.4 Å². The molecule has 0 unspecified atom stereocenters. The molecule has 1 atom stereocenters. The van der Waals surface area contributed by atoms with Crippen LogP contribution in [0.25, 0.3) is 0 Å². The summed E-state index contributed by atoms with van der Waals surface area (Å²) in [5.74, 6) is -1.36. The molecule has 2 aromatic carbocycles. The molecule has 30 heavy (non-hydrogen) atoms. The lowest BCUT2D eigenvalue weighted by molar-refractivity contribution is -0.152. The SMILES string of the molecule is C[C@H](NS(=O)(=O)c1ccc(Cl)cc1)C(=O)OCC(=O)N(C)Cc1ccc(Cl)c(Cl)c1. The van der Waals surface area contributed by atoms with E-state index in [2.05, 4.69) is 4.72 Å². The summed E-state index contributed by atoms with van der Waals surface area (Å²) >= 11 is 17.6. The van der Waals surface area contributed by atoms with Crippen LogP contribution in [0.4, 0.5) is 0 Å². The Kier molecular flexibility index (Phi) is 8.52. The van der Waals surface area contributed by atoms with Crippen LogP contribution in [0.5, 0.6) is 0 Å². The number of ether oxygens (including phenoxy) is 1. The molecule has 0 saturated carbocycles. The molecule has 11 heteroatoms. The van der Waals surface area contributed by atoms with Crippen LogP contribution >= 0.6 is 34.8 Å². The molecule has 0 aromatic heterocycles. The van der Waals surface area contributed by atoms with Crippen molar-refractivity contribution in [1.29, 1.82) is 0 Å². The number of amides is 1. The number of halogens is 3. The van der Waals surface area contributed by atoms with Gasteiger partial charge in [0.15, 0.2) is 6.61 Å². The molecule has 2 aromatic rings. The monoisotopic (exact) mass is 492 g/mol. The van der Waals surface area contributed by atoms with Crippen LogP contribution in [-0.4, -0.2) is 44.9 Å². The van der Waals surface area contributed by atoms with Gasteiger partial charge in [-0.2, -0.15) is 4.72 Å². The number of esters is 1. The second-order valence-electron chi connectivity index (χ2n) is 6.40. The van der Waals surface area contributed by atoms with E-state index in [9.17, 15) is 18.0 Å². The lowest BCUT2D eigenvalue weighted by atomic mass is 10.2. The van der Waals surface area contributed by atoms with Gasteiger partial charge in [0.1, 0.15) is 6.04 Å². The number of nitrogens with zero attached hydrogens (tertiary/aromatic N) is 1. The van der Waals surface area contributed by atoms with Gasteiger partial charge in [-0.15, -0.1) is 0 Å². The molecule has 0 aliphatic heterocycles. The highest BCUT2D eigenvalue weighted by Crippen LogP contribution is 2.23. The number of carbonyl (C=O) groups is 2. The summed E-state index contributed by atoms with van der Waals surface area (Å²) in [6.45, 7) is 1.01. The summed E-state index contributed by atoms with van der Waals surface area (Å²) < 4.78 is 31.7. The van der Waals surface area contributed by atoms with Gasteiger partial charge in [0.25, 0.3) is 5.91 Å².